The summed E-state index contributed by atoms with van der Waals surface area (Å²) in [6, 6.07) is 0. The van der Waals surface area contributed by atoms with E-state index in [9.17, 15) is 55.2 Å². The topological polar surface area (TPSA) is 239 Å². The molecule has 0 aromatic carbocycles. The Morgan fingerprint density at radius 3 is 1.30 bits per heavy atom. The molecule has 10 aliphatic rings. The van der Waals surface area contributed by atoms with Crippen molar-refractivity contribution in [3.05, 3.63) is 23.3 Å². The van der Waals surface area contributed by atoms with Gasteiger partial charge in [0, 0.05) is 11.8 Å². The second kappa shape index (κ2) is 15.9. The average Bonchev–Trinajstić information content (AvgIpc) is 3.29. The van der Waals surface area contributed by atoms with Gasteiger partial charge in [0.2, 0.25) is 0 Å². The Hall–Kier alpha value is -2.84. The van der Waals surface area contributed by atoms with Crippen molar-refractivity contribution in [3.63, 3.8) is 0 Å². The van der Waals surface area contributed by atoms with Gasteiger partial charge < -0.3 is 45.6 Å². The fraction of sp³-hybridized carbons (Fsp3) is 0.867. The van der Waals surface area contributed by atoms with Crippen LogP contribution in [0.15, 0.2) is 23.3 Å². The van der Waals surface area contributed by atoms with E-state index < -0.39 is 137 Å². The Bertz CT molecular complexity index is 2440. The van der Waals surface area contributed by atoms with E-state index in [-0.39, 0.29) is 36.5 Å². The summed E-state index contributed by atoms with van der Waals surface area (Å²) in [4.78, 5) is 56.3. The molecular weight excluding hydrogens is 929 g/mol. The summed E-state index contributed by atoms with van der Waals surface area (Å²) < 4.78 is 6.58. The Balaban J connectivity index is 0.973. The number of aliphatic hydroxyl groups excluding tert-OH is 3. The molecule has 8 saturated carbocycles. The molecule has 73 heavy (non-hydrogen) atoms. The minimum Gasteiger partial charge on any atom is -0.481 e. The minimum absolute atomic E-state index is 0.104. The molecule has 13 nitrogen and oxygen atoms in total. The van der Waals surface area contributed by atoms with E-state index in [0.717, 1.165) is 11.1 Å². The van der Waals surface area contributed by atoms with Crippen molar-refractivity contribution in [2.24, 2.45) is 101 Å². The molecule has 0 amide bonds. The number of fused-ring (bicyclic) bond motifs is 14. The summed E-state index contributed by atoms with van der Waals surface area (Å²) in [7, 11) is 0. The highest BCUT2D eigenvalue weighted by atomic mass is 16.6. The summed E-state index contributed by atoms with van der Waals surface area (Å²) in [6.07, 6.45) is 6.54. The molecule has 0 spiro atoms. The van der Waals surface area contributed by atoms with Crippen LogP contribution >= 0.6 is 0 Å². The quantitative estimate of drug-likeness (QED) is 0.0949. The van der Waals surface area contributed by atoms with Crippen LogP contribution in [0.5, 0.6) is 0 Å². The first kappa shape index (κ1) is 53.6. The first-order valence-corrected chi connectivity index (χ1v) is 28.4. The highest BCUT2D eigenvalue weighted by Gasteiger charge is 2.77. The number of allylic oxidation sites excluding steroid dienone is 2. The van der Waals surface area contributed by atoms with Crippen LogP contribution in [0, 0.1) is 101 Å². The van der Waals surface area contributed by atoms with Gasteiger partial charge in [0.15, 0.2) is 0 Å². The third-order valence-electron chi connectivity index (χ3n) is 27.3. The second-order valence-corrected chi connectivity index (χ2v) is 29.4. The molecule has 0 heterocycles. The number of rotatable bonds is 5. The number of esters is 1. The summed E-state index contributed by atoms with van der Waals surface area (Å²) in [6.45, 7) is 24.1. The predicted molar refractivity (Wildman–Crippen MR) is 271 cm³/mol. The number of aliphatic hydroxyl groups is 5. The molecule has 24 atom stereocenters. The molecule has 24 unspecified atom stereocenters. The lowest BCUT2D eigenvalue weighted by molar-refractivity contribution is -0.266. The number of carboxylic acid groups (broad SMARTS) is 3. The third-order valence-corrected chi connectivity index (χ3v) is 27.3. The second-order valence-electron chi connectivity index (χ2n) is 29.4. The van der Waals surface area contributed by atoms with Gasteiger partial charge in [-0.2, -0.15) is 0 Å². The summed E-state index contributed by atoms with van der Waals surface area (Å²) >= 11 is 0. The first-order chi connectivity index (χ1) is 33.5. The number of carbonyl (C=O) groups excluding carboxylic acids is 1. The first-order valence-electron chi connectivity index (χ1n) is 28.4. The van der Waals surface area contributed by atoms with E-state index in [4.69, 9.17) is 4.74 Å². The van der Waals surface area contributed by atoms with Crippen LogP contribution in [0.4, 0.5) is 0 Å². The Kier molecular flexibility index (Phi) is 11.7. The van der Waals surface area contributed by atoms with Gasteiger partial charge in [-0.3, -0.25) is 19.2 Å². The van der Waals surface area contributed by atoms with Crippen LogP contribution in [-0.4, -0.2) is 100 Å². The number of hydrogen-bond acceptors (Lipinski definition) is 10. The van der Waals surface area contributed by atoms with E-state index in [2.05, 4.69) is 53.7 Å². The van der Waals surface area contributed by atoms with Crippen molar-refractivity contribution in [3.8, 4) is 0 Å². The van der Waals surface area contributed by atoms with E-state index in [1.54, 1.807) is 13.8 Å². The van der Waals surface area contributed by atoms with Crippen LogP contribution in [-0.2, 0) is 23.9 Å². The molecule has 0 bridgehead atoms. The number of ether oxygens (including phenoxy) is 1. The molecule has 0 radical (unpaired) electrons. The predicted octanol–water partition coefficient (Wildman–Crippen LogP) is 8.96. The van der Waals surface area contributed by atoms with Gasteiger partial charge in [-0.25, -0.2) is 0 Å². The largest absolute Gasteiger partial charge is 0.481 e. The minimum atomic E-state index is -1.76. The van der Waals surface area contributed by atoms with E-state index in [1.807, 2.05) is 27.7 Å². The van der Waals surface area contributed by atoms with Crippen molar-refractivity contribution in [1.29, 1.82) is 0 Å². The van der Waals surface area contributed by atoms with E-state index in [1.165, 1.54) is 0 Å². The zero-order chi connectivity index (χ0) is 53.8. The number of carbonyl (C=O) groups is 4. The van der Waals surface area contributed by atoms with E-state index >= 15 is 4.79 Å². The average molecular weight is 1020 g/mol. The number of hydrogen-bond donors (Lipinski definition) is 8. The van der Waals surface area contributed by atoms with Crippen molar-refractivity contribution in [1.82, 2.24) is 0 Å². The Morgan fingerprint density at radius 2 is 0.904 bits per heavy atom. The normalized spacial score (nSPS) is 58.0. The number of carboxylic acids is 3. The molecule has 408 valence electrons. The lowest BCUT2D eigenvalue weighted by atomic mass is 9.32. The highest BCUT2D eigenvalue weighted by molar-refractivity contribution is 5.81. The van der Waals surface area contributed by atoms with Crippen molar-refractivity contribution in [2.75, 3.05) is 0 Å². The fourth-order valence-corrected chi connectivity index (χ4v) is 22.3. The molecule has 0 aromatic heterocycles. The highest BCUT2D eigenvalue weighted by Crippen LogP contribution is 2.79. The number of aliphatic carboxylic acids is 3. The SMILES string of the molecule is CC1CCC2(C(=O)O)CCC3(C)C(=CCC4C5(C)CC(O)C(O)C(C)(C(=O)OC6C(O)CC7(C)C(CCC8(C)C7CC=C7C9C(C(=O)O)(CCC(C)C9(C)O)CCC78C)C6(C)C(=O)O)C5CCC43C)C2C1(C)O. The molecule has 0 saturated heterocycles. The van der Waals surface area contributed by atoms with Gasteiger partial charge >= 0.3 is 23.9 Å². The summed E-state index contributed by atoms with van der Waals surface area (Å²) in [5, 5.41) is 94.9. The monoisotopic (exact) mass is 1020 g/mol. The smallest absolute Gasteiger partial charge is 0.315 e. The van der Waals surface area contributed by atoms with Gasteiger partial charge in [-0.1, -0.05) is 78.7 Å². The van der Waals surface area contributed by atoms with Gasteiger partial charge in [0.25, 0.3) is 0 Å². The zero-order valence-corrected chi connectivity index (χ0v) is 46.0. The molecule has 0 aromatic rings. The standard InChI is InChI=1S/C60H90O13/c1-31-17-23-59(46(66)67)27-25-51(5)33(41(59)57(31,11)71)13-15-37-49(3)29-35(61)43(63)55(9,39(49)19-21-53(37,51)7)48(70)73-44-36(62)30-50(4)38-16-14-34-42-58(12,72)32(2)18-24-60(42,47(68)69)28-26-52(34,6)54(38,8)22-20-40(50)56(44,10)45(64)65/h13-14,31-32,35-44,61-63,71-72H,15-30H2,1-12H3,(H,64,65)(H,66,67)(H,68,69). The summed E-state index contributed by atoms with van der Waals surface area (Å²) in [5.41, 5.74) is -9.51. The maximum atomic E-state index is 15.5. The maximum Gasteiger partial charge on any atom is 0.315 e. The van der Waals surface area contributed by atoms with Crippen molar-refractivity contribution < 1.29 is 64.8 Å². The van der Waals surface area contributed by atoms with Gasteiger partial charge in [0.1, 0.15) is 11.5 Å². The summed E-state index contributed by atoms with van der Waals surface area (Å²) in [5.74, 6) is -6.40. The molecule has 8 fully saturated rings. The van der Waals surface area contributed by atoms with Gasteiger partial charge in [-0.05, 0) is 198 Å². The third kappa shape index (κ3) is 6.15. The van der Waals surface area contributed by atoms with Crippen LogP contribution in [0.1, 0.15) is 186 Å². The molecular formula is C60H90O13. The maximum absolute atomic E-state index is 15.5. The molecule has 0 aliphatic heterocycles. The van der Waals surface area contributed by atoms with Crippen LogP contribution < -0.4 is 0 Å². The van der Waals surface area contributed by atoms with Crippen molar-refractivity contribution >= 4 is 23.9 Å². The molecule has 10 rings (SSSR count). The van der Waals surface area contributed by atoms with E-state index in [0.29, 0.717) is 89.9 Å². The lowest BCUT2D eigenvalue weighted by Gasteiger charge is -2.72. The Labute approximate surface area is 433 Å². The zero-order valence-electron chi connectivity index (χ0n) is 46.0. The van der Waals surface area contributed by atoms with Gasteiger partial charge in [0.05, 0.1) is 45.8 Å². The molecule has 8 N–H and O–H groups in total. The Morgan fingerprint density at radius 1 is 0.507 bits per heavy atom. The molecule has 10 aliphatic carbocycles. The van der Waals surface area contributed by atoms with Crippen molar-refractivity contribution in [2.45, 2.75) is 221 Å². The van der Waals surface area contributed by atoms with Crippen LogP contribution in [0.25, 0.3) is 0 Å². The molecule has 13 heteroatoms. The van der Waals surface area contributed by atoms with Crippen LogP contribution in [0.3, 0.4) is 0 Å². The lowest BCUT2D eigenvalue weighted by Crippen LogP contribution is -2.71. The van der Waals surface area contributed by atoms with Gasteiger partial charge in [-0.15, -0.1) is 0 Å². The van der Waals surface area contributed by atoms with Crippen LogP contribution in [0.2, 0.25) is 0 Å². The fourth-order valence-electron chi connectivity index (χ4n) is 22.3.